The minimum absolute atomic E-state index is 0.306. The number of hydrogen-bond donors (Lipinski definition) is 2. The highest BCUT2D eigenvalue weighted by molar-refractivity contribution is 5.66. The molecule has 0 saturated carbocycles. The third-order valence-electron chi connectivity index (χ3n) is 8.44. The lowest BCUT2D eigenvalue weighted by atomic mass is 9.84. The molecule has 0 bridgehead atoms. The predicted molar refractivity (Wildman–Crippen MR) is 172 cm³/mol. The number of carboxylic acids is 2. The van der Waals surface area contributed by atoms with Gasteiger partial charge in [-0.2, -0.15) is 0 Å². The fraction of sp³-hybridized carbons (Fsp3) is 0.889. The van der Waals surface area contributed by atoms with Crippen LogP contribution in [0.2, 0.25) is 0 Å². The van der Waals surface area contributed by atoms with Crippen molar-refractivity contribution in [3.8, 4) is 0 Å². The number of allylic oxidation sites excluding steroid dienone is 2. The van der Waals surface area contributed by atoms with Crippen LogP contribution in [0.5, 0.6) is 0 Å². The average Bonchev–Trinajstić information content (AvgIpc) is 2.92. The van der Waals surface area contributed by atoms with Crippen molar-refractivity contribution in [2.45, 2.75) is 200 Å². The van der Waals surface area contributed by atoms with Gasteiger partial charge >= 0.3 is 11.9 Å². The maximum Gasteiger partial charge on any atom is 0.303 e. The summed E-state index contributed by atoms with van der Waals surface area (Å²) < 4.78 is 0. The Kier molecular flexibility index (Phi) is 29.6. The summed E-state index contributed by atoms with van der Waals surface area (Å²) in [6.07, 6.45) is 36.9. The summed E-state index contributed by atoms with van der Waals surface area (Å²) >= 11 is 0. The summed E-state index contributed by atoms with van der Waals surface area (Å²) in [4.78, 5) is 21.6. The van der Waals surface area contributed by atoms with Gasteiger partial charge in [0.2, 0.25) is 0 Å². The lowest BCUT2D eigenvalue weighted by Crippen LogP contribution is -2.06. The second-order valence-electron chi connectivity index (χ2n) is 12.3. The highest BCUT2D eigenvalue weighted by Crippen LogP contribution is 2.30. The quantitative estimate of drug-likeness (QED) is 0.0629. The van der Waals surface area contributed by atoms with Crippen LogP contribution in [-0.2, 0) is 9.59 Å². The van der Waals surface area contributed by atoms with Gasteiger partial charge in [-0.15, -0.1) is 0 Å². The minimum atomic E-state index is -0.671. The molecule has 0 aliphatic carbocycles. The van der Waals surface area contributed by atoms with Crippen molar-refractivity contribution in [2.24, 2.45) is 5.92 Å². The number of unbranched alkanes of at least 4 members (excludes halogenated alkanes) is 20. The minimum Gasteiger partial charge on any atom is -0.481 e. The molecule has 0 saturated heterocycles. The van der Waals surface area contributed by atoms with Crippen molar-refractivity contribution < 1.29 is 19.8 Å². The summed E-state index contributed by atoms with van der Waals surface area (Å²) in [6.45, 7) is 4.56. The van der Waals surface area contributed by atoms with E-state index in [1.54, 1.807) is 5.57 Å². The first kappa shape index (κ1) is 38.7. The van der Waals surface area contributed by atoms with Crippen LogP contribution in [-0.4, -0.2) is 22.2 Å². The molecule has 40 heavy (non-hydrogen) atoms. The van der Waals surface area contributed by atoms with Crippen LogP contribution >= 0.6 is 0 Å². The van der Waals surface area contributed by atoms with E-state index in [-0.39, 0.29) is 0 Å². The monoisotopic (exact) mass is 565 g/mol. The van der Waals surface area contributed by atoms with Gasteiger partial charge in [-0.05, 0) is 57.3 Å². The number of carboxylic acid groups (broad SMARTS) is 2. The van der Waals surface area contributed by atoms with Crippen molar-refractivity contribution in [3.63, 3.8) is 0 Å². The fourth-order valence-corrected chi connectivity index (χ4v) is 5.88. The molecule has 0 rings (SSSR count). The number of aliphatic carboxylic acids is 2. The van der Waals surface area contributed by atoms with Gasteiger partial charge in [0.05, 0.1) is 0 Å². The zero-order valence-electron chi connectivity index (χ0n) is 26.9. The Morgan fingerprint density at radius 3 is 1.25 bits per heavy atom. The van der Waals surface area contributed by atoms with E-state index < -0.39 is 11.9 Å². The molecular weight excluding hydrogens is 496 g/mol. The fourth-order valence-electron chi connectivity index (χ4n) is 5.88. The molecule has 0 aromatic carbocycles. The topological polar surface area (TPSA) is 74.6 Å². The third kappa shape index (κ3) is 28.2. The van der Waals surface area contributed by atoms with Gasteiger partial charge in [0.15, 0.2) is 0 Å². The molecule has 0 fully saturated rings. The van der Waals surface area contributed by atoms with Crippen LogP contribution < -0.4 is 0 Å². The van der Waals surface area contributed by atoms with Crippen molar-refractivity contribution in [3.05, 3.63) is 11.6 Å². The van der Waals surface area contributed by atoms with E-state index in [4.69, 9.17) is 10.2 Å². The zero-order chi connectivity index (χ0) is 29.5. The Hall–Kier alpha value is -1.32. The average molecular weight is 565 g/mol. The van der Waals surface area contributed by atoms with Crippen molar-refractivity contribution in [1.29, 1.82) is 0 Å². The molecule has 0 heterocycles. The highest BCUT2D eigenvalue weighted by atomic mass is 16.4. The second kappa shape index (κ2) is 30.6. The molecule has 0 radical (unpaired) electrons. The molecule has 0 amide bonds. The number of rotatable bonds is 32. The maximum absolute atomic E-state index is 10.8. The summed E-state index contributed by atoms with van der Waals surface area (Å²) in [5.74, 6) is -0.631. The van der Waals surface area contributed by atoms with Gasteiger partial charge in [-0.1, -0.05) is 147 Å². The summed E-state index contributed by atoms with van der Waals surface area (Å²) in [7, 11) is 0. The Morgan fingerprint density at radius 2 is 0.825 bits per heavy atom. The van der Waals surface area contributed by atoms with Gasteiger partial charge in [0.1, 0.15) is 0 Å². The predicted octanol–water partition coefficient (Wildman–Crippen LogP) is 12.1. The first-order chi connectivity index (χ1) is 19.5. The summed E-state index contributed by atoms with van der Waals surface area (Å²) in [5.41, 5.74) is 1.72. The smallest absolute Gasteiger partial charge is 0.303 e. The van der Waals surface area contributed by atoms with Crippen molar-refractivity contribution in [1.82, 2.24) is 0 Å². The van der Waals surface area contributed by atoms with E-state index in [2.05, 4.69) is 19.9 Å². The van der Waals surface area contributed by atoms with E-state index >= 15 is 0 Å². The molecule has 0 aliphatic heterocycles. The summed E-state index contributed by atoms with van der Waals surface area (Å²) in [5, 5.41) is 17.8. The molecule has 0 spiro atoms. The van der Waals surface area contributed by atoms with Crippen LogP contribution in [0.4, 0.5) is 0 Å². The molecular formula is C36H68O4. The SMILES string of the molecule is CCCCCCCC/C=C(\CCCCCCCC(=O)O)C(CCCCCCCCC)CCCCCCCC(=O)O. The van der Waals surface area contributed by atoms with Gasteiger partial charge < -0.3 is 10.2 Å². The Bertz CT molecular complexity index is 598. The first-order valence-electron chi connectivity index (χ1n) is 17.6. The Balaban J connectivity index is 4.89. The number of hydrogen-bond acceptors (Lipinski definition) is 2. The molecule has 2 N–H and O–H groups in total. The lowest BCUT2D eigenvalue weighted by Gasteiger charge is -2.22. The van der Waals surface area contributed by atoms with E-state index in [9.17, 15) is 9.59 Å². The Morgan fingerprint density at radius 1 is 0.475 bits per heavy atom. The van der Waals surface area contributed by atoms with Crippen LogP contribution in [0, 0.1) is 5.92 Å². The molecule has 0 aliphatic rings. The van der Waals surface area contributed by atoms with Crippen LogP contribution in [0.25, 0.3) is 0 Å². The van der Waals surface area contributed by atoms with E-state index in [1.807, 2.05) is 0 Å². The Labute approximate surface area is 249 Å². The van der Waals surface area contributed by atoms with Crippen LogP contribution in [0.1, 0.15) is 200 Å². The lowest BCUT2D eigenvalue weighted by molar-refractivity contribution is -0.138. The van der Waals surface area contributed by atoms with E-state index in [0.717, 1.165) is 38.5 Å². The van der Waals surface area contributed by atoms with Crippen molar-refractivity contribution in [2.75, 3.05) is 0 Å². The van der Waals surface area contributed by atoms with Crippen LogP contribution in [0.15, 0.2) is 11.6 Å². The van der Waals surface area contributed by atoms with Crippen molar-refractivity contribution >= 4 is 11.9 Å². The van der Waals surface area contributed by atoms with Gasteiger partial charge in [0, 0.05) is 12.8 Å². The first-order valence-corrected chi connectivity index (χ1v) is 17.6. The number of carbonyl (C=O) groups is 2. The normalized spacial score (nSPS) is 12.6. The molecule has 236 valence electrons. The zero-order valence-corrected chi connectivity index (χ0v) is 26.9. The maximum atomic E-state index is 10.8. The molecule has 1 unspecified atom stereocenters. The highest BCUT2D eigenvalue weighted by Gasteiger charge is 2.14. The summed E-state index contributed by atoms with van der Waals surface area (Å²) in [6, 6.07) is 0. The largest absolute Gasteiger partial charge is 0.481 e. The molecule has 0 aromatic heterocycles. The van der Waals surface area contributed by atoms with Gasteiger partial charge in [-0.25, -0.2) is 0 Å². The van der Waals surface area contributed by atoms with E-state index in [0.29, 0.717) is 18.8 Å². The molecule has 0 aromatic rings. The third-order valence-corrected chi connectivity index (χ3v) is 8.44. The molecule has 1 atom stereocenters. The standard InChI is InChI=1S/C36H68O4/c1-3-5-7-9-11-15-21-27-33(29-23-17-13-19-25-31-35(37)38)34(28-22-16-12-10-8-6-4-2)30-24-18-14-20-26-32-36(39)40/h27,34H,3-26,28-32H2,1-2H3,(H,37,38)(H,39,40)/b33-27+. The molecule has 4 nitrogen and oxygen atoms in total. The van der Waals surface area contributed by atoms with Gasteiger partial charge in [0.25, 0.3) is 0 Å². The molecule has 4 heteroatoms. The second-order valence-corrected chi connectivity index (χ2v) is 12.3. The van der Waals surface area contributed by atoms with E-state index in [1.165, 1.54) is 135 Å². The van der Waals surface area contributed by atoms with Crippen LogP contribution in [0.3, 0.4) is 0 Å². The van der Waals surface area contributed by atoms with Gasteiger partial charge in [-0.3, -0.25) is 9.59 Å².